The molecule has 0 aromatic carbocycles. The molecule has 0 saturated carbocycles. The van der Waals surface area contributed by atoms with Crippen molar-refractivity contribution in [2.24, 2.45) is 0 Å². The third-order valence-corrected chi connectivity index (χ3v) is 4.66. The zero-order chi connectivity index (χ0) is 12.4. The normalized spacial score (nSPS) is 12.4. The quantitative estimate of drug-likeness (QED) is 0.936. The molecule has 0 spiro atoms. The standard InChI is InChI=1S/C11H11ClN2OS2/c1-6(8-3-4-9(12)17-8)14-11(15)10-7(2)13-5-16-10/h3-6H,1-2H3,(H,14,15). The predicted molar refractivity (Wildman–Crippen MR) is 72.1 cm³/mol. The van der Waals surface area contributed by atoms with Gasteiger partial charge in [-0.1, -0.05) is 11.6 Å². The van der Waals surface area contributed by atoms with Crippen molar-refractivity contribution < 1.29 is 4.79 Å². The Balaban J connectivity index is 2.07. The summed E-state index contributed by atoms with van der Waals surface area (Å²) in [6, 6.07) is 3.72. The van der Waals surface area contributed by atoms with Gasteiger partial charge in [0, 0.05) is 4.88 Å². The first kappa shape index (κ1) is 12.5. The average Bonchev–Trinajstić information content (AvgIpc) is 2.86. The minimum absolute atomic E-state index is 0.0403. The van der Waals surface area contributed by atoms with Crippen LogP contribution in [-0.4, -0.2) is 10.9 Å². The Bertz CT molecular complexity index is 535. The summed E-state index contributed by atoms with van der Waals surface area (Å²) in [5.41, 5.74) is 2.45. The van der Waals surface area contributed by atoms with Crippen LogP contribution in [0.1, 0.15) is 33.2 Å². The monoisotopic (exact) mass is 286 g/mol. The Labute approximate surface area is 112 Å². The van der Waals surface area contributed by atoms with Gasteiger partial charge in [0.25, 0.3) is 5.91 Å². The molecule has 0 bridgehead atoms. The van der Waals surface area contributed by atoms with Gasteiger partial charge in [-0.2, -0.15) is 0 Å². The van der Waals surface area contributed by atoms with Gasteiger partial charge in [0.05, 0.1) is 21.6 Å². The van der Waals surface area contributed by atoms with Crippen LogP contribution in [-0.2, 0) is 0 Å². The van der Waals surface area contributed by atoms with E-state index in [9.17, 15) is 4.79 Å². The summed E-state index contributed by atoms with van der Waals surface area (Å²) in [6.07, 6.45) is 0. The van der Waals surface area contributed by atoms with Gasteiger partial charge in [-0.15, -0.1) is 22.7 Å². The fourth-order valence-corrected chi connectivity index (χ4v) is 3.18. The molecule has 17 heavy (non-hydrogen) atoms. The zero-order valence-electron chi connectivity index (χ0n) is 9.36. The summed E-state index contributed by atoms with van der Waals surface area (Å²) < 4.78 is 0.732. The molecule has 0 saturated heterocycles. The number of thiazole rings is 1. The highest BCUT2D eigenvalue weighted by Crippen LogP contribution is 2.27. The van der Waals surface area contributed by atoms with Crippen molar-refractivity contribution in [1.82, 2.24) is 10.3 Å². The summed E-state index contributed by atoms with van der Waals surface area (Å²) in [5.74, 6) is -0.0815. The topological polar surface area (TPSA) is 42.0 Å². The SMILES string of the molecule is Cc1ncsc1C(=O)NC(C)c1ccc(Cl)s1. The first-order chi connectivity index (χ1) is 8.08. The highest BCUT2D eigenvalue weighted by atomic mass is 35.5. The third kappa shape index (κ3) is 2.86. The number of hydrogen-bond donors (Lipinski definition) is 1. The molecule has 0 aliphatic carbocycles. The van der Waals surface area contributed by atoms with Crippen molar-refractivity contribution >= 4 is 40.2 Å². The molecule has 3 nitrogen and oxygen atoms in total. The number of amides is 1. The number of hydrogen-bond acceptors (Lipinski definition) is 4. The lowest BCUT2D eigenvalue weighted by Crippen LogP contribution is -2.25. The maximum absolute atomic E-state index is 11.9. The minimum Gasteiger partial charge on any atom is -0.344 e. The molecular formula is C11H11ClN2OS2. The number of carbonyl (C=O) groups is 1. The van der Waals surface area contributed by atoms with Gasteiger partial charge in [-0.25, -0.2) is 4.98 Å². The maximum Gasteiger partial charge on any atom is 0.263 e. The van der Waals surface area contributed by atoms with Crippen LogP contribution in [0.2, 0.25) is 4.34 Å². The van der Waals surface area contributed by atoms with Gasteiger partial charge in [0.15, 0.2) is 0 Å². The van der Waals surface area contributed by atoms with Crippen molar-refractivity contribution in [3.63, 3.8) is 0 Å². The summed E-state index contributed by atoms with van der Waals surface area (Å²) in [6.45, 7) is 3.77. The summed E-state index contributed by atoms with van der Waals surface area (Å²) in [5, 5.41) is 2.94. The van der Waals surface area contributed by atoms with Gasteiger partial charge in [0.1, 0.15) is 4.88 Å². The van der Waals surface area contributed by atoms with E-state index in [0.717, 1.165) is 14.9 Å². The molecule has 6 heteroatoms. The Hall–Kier alpha value is -0.910. The molecule has 0 aliphatic heterocycles. The number of thiophene rings is 1. The molecule has 1 N–H and O–H groups in total. The Morgan fingerprint density at radius 2 is 2.29 bits per heavy atom. The van der Waals surface area contributed by atoms with Crippen LogP contribution in [0.5, 0.6) is 0 Å². The van der Waals surface area contributed by atoms with Crippen LogP contribution < -0.4 is 5.32 Å². The number of aryl methyl sites for hydroxylation is 1. The van der Waals surface area contributed by atoms with Gasteiger partial charge in [0.2, 0.25) is 0 Å². The molecule has 2 aromatic rings. The van der Waals surface area contributed by atoms with Crippen molar-refractivity contribution in [3.8, 4) is 0 Å². The largest absolute Gasteiger partial charge is 0.344 e. The third-order valence-electron chi connectivity index (χ3n) is 2.32. The Morgan fingerprint density at radius 1 is 1.53 bits per heavy atom. The van der Waals surface area contributed by atoms with Crippen LogP contribution in [0.3, 0.4) is 0 Å². The lowest BCUT2D eigenvalue weighted by atomic mass is 10.2. The van der Waals surface area contributed by atoms with Crippen molar-refractivity contribution in [1.29, 1.82) is 0 Å². The average molecular weight is 287 g/mol. The molecule has 0 fully saturated rings. The van der Waals surface area contributed by atoms with Gasteiger partial charge >= 0.3 is 0 Å². The van der Waals surface area contributed by atoms with Crippen molar-refractivity contribution in [2.45, 2.75) is 19.9 Å². The highest BCUT2D eigenvalue weighted by molar-refractivity contribution is 7.16. The van der Waals surface area contributed by atoms with Crippen molar-refractivity contribution in [3.05, 3.63) is 37.4 Å². The van der Waals surface area contributed by atoms with Crippen LogP contribution in [0, 0.1) is 6.92 Å². The van der Waals surface area contributed by atoms with E-state index >= 15 is 0 Å². The second-order valence-electron chi connectivity index (χ2n) is 3.60. The highest BCUT2D eigenvalue weighted by Gasteiger charge is 2.16. The van der Waals surface area contributed by atoms with E-state index < -0.39 is 0 Å². The molecule has 1 atom stereocenters. The van der Waals surface area contributed by atoms with Gasteiger partial charge in [-0.3, -0.25) is 4.79 Å². The van der Waals surface area contributed by atoms with Crippen LogP contribution in [0.4, 0.5) is 0 Å². The molecular weight excluding hydrogens is 276 g/mol. The predicted octanol–water partition coefficient (Wildman–Crippen LogP) is 3.66. The Morgan fingerprint density at radius 3 is 2.82 bits per heavy atom. The van der Waals surface area contributed by atoms with E-state index in [1.165, 1.54) is 22.7 Å². The van der Waals surface area contributed by atoms with Gasteiger partial charge < -0.3 is 5.32 Å². The summed E-state index contributed by atoms with van der Waals surface area (Å²) in [7, 11) is 0. The number of rotatable bonds is 3. The molecule has 0 aliphatic rings. The lowest BCUT2D eigenvalue weighted by Gasteiger charge is -2.11. The molecule has 1 amide bonds. The van der Waals surface area contributed by atoms with Crippen LogP contribution in [0.15, 0.2) is 17.6 Å². The first-order valence-electron chi connectivity index (χ1n) is 5.04. The number of aromatic nitrogens is 1. The number of nitrogens with zero attached hydrogens (tertiary/aromatic N) is 1. The molecule has 1 unspecified atom stereocenters. The lowest BCUT2D eigenvalue weighted by molar-refractivity contribution is 0.0944. The molecule has 2 aromatic heterocycles. The molecule has 0 radical (unpaired) electrons. The second-order valence-corrected chi connectivity index (χ2v) is 6.21. The van der Waals surface area contributed by atoms with Crippen LogP contribution in [0.25, 0.3) is 0 Å². The smallest absolute Gasteiger partial charge is 0.263 e. The number of nitrogens with one attached hydrogen (secondary N) is 1. The Kier molecular flexibility index (Phi) is 3.81. The summed E-state index contributed by atoms with van der Waals surface area (Å²) in [4.78, 5) is 17.7. The zero-order valence-corrected chi connectivity index (χ0v) is 11.7. The van der Waals surface area contributed by atoms with E-state index in [1.807, 2.05) is 26.0 Å². The molecule has 2 heterocycles. The second kappa shape index (κ2) is 5.16. The van der Waals surface area contributed by atoms with E-state index in [2.05, 4.69) is 10.3 Å². The number of carbonyl (C=O) groups excluding carboxylic acids is 1. The number of halogens is 1. The van der Waals surface area contributed by atoms with Crippen molar-refractivity contribution in [2.75, 3.05) is 0 Å². The van der Waals surface area contributed by atoms with Gasteiger partial charge in [-0.05, 0) is 26.0 Å². The van der Waals surface area contributed by atoms with E-state index in [0.29, 0.717) is 4.88 Å². The van der Waals surface area contributed by atoms with E-state index in [-0.39, 0.29) is 11.9 Å². The molecule has 90 valence electrons. The minimum atomic E-state index is -0.0815. The fraction of sp³-hybridized carbons (Fsp3) is 0.273. The van der Waals surface area contributed by atoms with E-state index in [1.54, 1.807) is 5.51 Å². The fourth-order valence-electron chi connectivity index (χ4n) is 1.41. The molecule has 2 rings (SSSR count). The first-order valence-corrected chi connectivity index (χ1v) is 7.11. The van der Waals surface area contributed by atoms with Crippen LogP contribution >= 0.6 is 34.3 Å². The van der Waals surface area contributed by atoms with E-state index in [4.69, 9.17) is 11.6 Å². The maximum atomic E-state index is 11.9. The summed E-state index contributed by atoms with van der Waals surface area (Å²) >= 11 is 8.70.